The lowest BCUT2D eigenvalue weighted by atomic mass is 10.2. The van der Waals surface area contributed by atoms with Crippen molar-refractivity contribution in [3.8, 4) is 0 Å². The summed E-state index contributed by atoms with van der Waals surface area (Å²) >= 11 is 0. The monoisotopic (exact) mass is 297 g/mol. The van der Waals surface area contributed by atoms with Crippen molar-refractivity contribution in [1.29, 1.82) is 0 Å². The van der Waals surface area contributed by atoms with Gasteiger partial charge in [0.15, 0.2) is 0 Å². The second kappa shape index (κ2) is 7.58. The predicted molar refractivity (Wildman–Crippen MR) is 78.2 cm³/mol. The smallest absolute Gasteiger partial charge is 0.337 e. The standard InChI is InChI=1S/C14H20FN3O3/c1-17(2)7-4-8-18(3)14(21)16-12-9-10(15)5-6-11(12)13(19)20/h5-6,9H,4,7-8H2,1-3H3,(H,16,21)(H,19,20). The molecular formula is C14H20FN3O3. The summed E-state index contributed by atoms with van der Waals surface area (Å²) in [5.41, 5.74) is -0.196. The Hall–Kier alpha value is -2.15. The van der Waals surface area contributed by atoms with Gasteiger partial charge in [-0.3, -0.25) is 0 Å². The number of carboxylic acids is 1. The second-order valence-corrected chi connectivity index (χ2v) is 5.00. The molecule has 0 aromatic heterocycles. The average molecular weight is 297 g/mol. The van der Waals surface area contributed by atoms with Crippen LogP contribution in [0.1, 0.15) is 16.8 Å². The van der Waals surface area contributed by atoms with E-state index in [1.807, 2.05) is 19.0 Å². The van der Waals surface area contributed by atoms with Gasteiger partial charge in [-0.05, 0) is 45.3 Å². The van der Waals surface area contributed by atoms with Crippen LogP contribution >= 0.6 is 0 Å². The first-order valence-electron chi connectivity index (χ1n) is 6.51. The first-order valence-corrected chi connectivity index (χ1v) is 6.51. The molecule has 0 saturated heterocycles. The van der Waals surface area contributed by atoms with Gasteiger partial charge < -0.3 is 20.2 Å². The number of anilines is 1. The number of carboxylic acid groups (broad SMARTS) is 1. The third-order valence-electron chi connectivity index (χ3n) is 2.90. The van der Waals surface area contributed by atoms with E-state index < -0.39 is 17.8 Å². The number of nitrogens with one attached hydrogen (secondary N) is 1. The zero-order chi connectivity index (χ0) is 16.0. The maximum Gasteiger partial charge on any atom is 0.337 e. The number of hydrogen-bond donors (Lipinski definition) is 2. The Kier molecular flexibility index (Phi) is 6.10. The molecule has 116 valence electrons. The van der Waals surface area contributed by atoms with Crippen molar-refractivity contribution in [3.63, 3.8) is 0 Å². The van der Waals surface area contributed by atoms with E-state index in [0.29, 0.717) is 6.54 Å². The van der Waals surface area contributed by atoms with Gasteiger partial charge in [-0.1, -0.05) is 0 Å². The van der Waals surface area contributed by atoms with E-state index in [2.05, 4.69) is 5.32 Å². The molecule has 0 unspecified atom stereocenters. The number of carbonyl (C=O) groups is 2. The number of amides is 2. The van der Waals surface area contributed by atoms with Crippen LogP contribution in [-0.4, -0.2) is 61.1 Å². The molecule has 1 aromatic rings. The van der Waals surface area contributed by atoms with Crippen LogP contribution in [-0.2, 0) is 0 Å². The fourth-order valence-corrected chi connectivity index (χ4v) is 1.74. The third-order valence-corrected chi connectivity index (χ3v) is 2.90. The summed E-state index contributed by atoms with van der Waals surface area (Å²) in [6.07, 6.45) is 0.784. The Morgan fingerprint density at radius 2 is 1.90 bits per heavy atom. The molecule has 6 nitrogen and oxygen atoms in total. The normalized spacial score (nSPS) is 10.5. The minimum Gasteiger partial charge on any atom is -0.478 e. The van der Waals surface area contributed by atoms with Crippen LogP contribution in [0.2, 0.25) is 0 Å². The number of nitrogens with zero attached hydrogens (tertiary/aromatic N) is 2. The molecule has 0 aliphatic rings. The Balaban J connectivity index is 2.69. The van der Waals surface area contributed by atoms with Crippen molar-refractivity contribution in [2.75, 3.05) is 39.5 Å². The Labute approximate surface area is 123 Å². The minimum absolute atomic E-state index is 0.0491. The fraction of sp³-hybridized carbons (Fsp3) is 0.429. The van der Waals surface area contributed by atoms with Gasteiger partial charge in [-0.25, -0.2) is 14.0 Å². The lowest BCUT2D eigenvalue weighted by molar-refractivity contribution is 0.0698. The van der Waals surface area contributed by atoms with Gasteiger partial charge >= 0.3 is 12.0 Å². The quantitative estimate of drug-likeness (QED) is 0.841. The number of hydrogen-bond acceptors (Lipinski definition) is 3. The number of carbonyl (C=O) groups excluding carboxylic acids is 1. The lowest BCUT2D eigenvalue weighted by Crippen LogP contribution is -2.33. The van der Waals surface area contributed by atoms with E-state index in [-0.39, 0.29) is 11.3 Å². The van der Waals surface area contributed by atoms with E-state index in [4.69, 9.17) is 5.11 Å². The molecule has 21 heavy (non-hydrogen) atoms. The third kappa shape index (κ3) is 5.39. The molecule has 0 radical (unpaired) electrons. The number of rotatable bonds is 6. The van der Waals surface area contributed by atoms with Crippen molar-refractivity contribution in [2.24, 2.45) is 0 Å². The van der Waals surface area contributed by atoms with Gasteiger partial charge in [0.25, 0.3) is 0 Å². The fourth-order valence-electron chi connectivity index (χ4n) is 1.74. The zero-order valence-corrected chi connectivity index (χ0v) is 12.4. The molecule has 2 amide bonds. The van der Waals surface area contributed by atoms with Crippen LogP contribution < -0.4 is 5.32 Å². The predicted octanol–water partition coefficient (Wildman–Crippen LogP) is 1.94. The van der Waals surface area contributed by atoms with Crippen LogP contribution in [0.5, 0.6) is 0 Å². The van der Waals surface area contributed by atoms with E-state index in [1.165, 1.54) is 4.90 Å². The topological polar surface area (TPSA) is 72.9 Å². The van der Waals surface area contributed by atoms with Gasteiger partial charge in [0.1, 0.15) is 5.82 Å². The summed E-state index contributed by atoms with van der Waals surface area (Å²) in [5.74, 6) is -1.83. The van der Waals surface area contributed by atoms with Gasteiger partial charge in [-0.15, -0.1) is 0 Å². The Morgan fingerprint density at radius 3 is 2.48 bits per heavy atom. The zero-order valence-electron chi connectivity index (χ0n) is 12.4. The molecule has 7 heteroatoms. The van der Waals surface area contributed by atoms with Crippen molar-refractivity contribution in [3.05, 3.63) is 29.6 Å². The molecule has 0 fully saturated rings. The van der Waals surface area contributed by atoms with E-state index in [1.54, 1.807) is 7.05 Å². The largest absolute Gasteiger partial charge is 0.478 e. The Bertz CT molecular complexity index is 520. The minimum atomic E-state index is -1.22. The Morgan fingerprint density at radius 1 is 1.24 bits per heavy atom. The van der Waals surface area contributed by atoms with E-state index in [0.717, 1.165) is 31.2 Å². The highest BCUT2D eigenvalue weighted by atomic mass is 19.1. The summed E-state index contributed by atoms with van der Waals surface area (Å²) in [4.78, 5) is 26.4. The summed E-state index contributed by atoms with van der Waals surface area (Å²) < 4.78 is 13.2. The van der Waals surface area contributed by atoms with Gasteiger partial charge in [0.2, 0.25) is 0 Å². The van der Waals surface area contributed by atoms with Gasteiger partial charge in [-0.2, -0.15) is 0 Å². The highest BCUT2D eigenvalue weighted by Crippen LogP contribution is 2.17. The van der Waals surface area contributed by atoms with Crippen LogP contribution in [0, 0.1) is 5.82 Å². The van der Waals surface area contributed by atoms with E-state index >= 15 is 0 Å². The highest BCUT2D eigenvalue weighted by Gasteiger charge is 2.15. The lowest BCUT2D eigenvalue weighted by Gasteiger charge is -2.19. The SMILES string of the molecule is CN(C)CCCN(C)C(=O)Nc1cc(F)ccc1C(=O)O. The summed E-state index contributed by atoms with van der Waals surface area (Å²) in [6, 6.07) is 2.69. The molecule has 1 rings (SSSR count). The van der Waals surface area contributed by atoms with Crippen LogP contribution in [0.25, 0.3) is 0 Å². The van der Waals surface area contributed by atoms with Crippen molar-refractivity contribution in [2.45, 2.75) is 6.42 Å². The number of aromatic carboxylic acids is 1. The maximum absolute atomic E-state index is 13.2. The maximum atomic E-state index is 13.2. The molecule has 0 aliphatic heterocycles. The van der Waals surface area contributed by atoms with Crippen molar-refractivity contribution < 1.29 is 19.1 Å². The van der Waals surface area contributed by atoms with Crippen LogP contribution in [0.15, 0.2) is 18.2 Å². The molecule has 1 aromatic carbocycles. The molecule has 0 saturated carbocycles. The number of urea groups is 1. The van der Waals surface area contributed by atoms with E-state index in [9.17, 15) is 14.0 Å². The summed E-state index contributed by atoms with van der Waals surface area (Å²) in [5, 5.41) is 11.4. The molecule has 2 N–H and O–H groups in total. The average Bonchev–Trinajstić information content (AvgIpc) is 2.37. The van der Waals surface area contributed by atoms with Gasteiger partial charge in [0, 0.05) is 13.6 Å². The molecule has 0 heterocycles. The molecule has 0 aliphatic carbocycles. The summed E-state index contributed by atoms with van der Waals surface area (Å²) in [6.45, 7) is 1.35. The second-order valence-electron chi connectivity index (χ2n) is 5.00. The molecule has 0 spiro atoms. The molecule has 0 bridgehead atoms. The van der Waals surface area contributed by atoms with Crippen molar-refractivity contribution in [1.82, 2.24) is 9.80 Å². The molecule has 0 atom stereocenters. The summed E-state index contributed by atoms with van der Waals surface area (Å²) in [7, 11) is 5.47. The highest BCUT2D eigenvalue weighted by molar-refractivity contribution is 5.99. The first kappa shape index (κ1) is 16.9. The molecular weight excluding hydrogens is 277 g/mol. The van der Waals surface area contributed by atoms with Crippen LogP contribution in [0.4, 0.5) is 14.9 Å². The van der Waals surface area contributed by atoms with Gasteiger partial charge in [0.05, 0.1) is 11.3 Å². The number of halogens is 1. The first-order chi connectivity index (χ1) is 9.81. The van der Waals surface area contributed by atoms with Crippen LogP contribution in [0.3, 0.4) is 0 Å². The van der Waals surface area contributed by atoms with Crippen molar-refractivity contribution >= 4 is 17.7 Å². The number of benzene rings is 1.